The molecule has 2 unspecified atom stereocenters. The standard InChI is InChI=1S/C15H23N3O/c1-12(13-6-9-19-11-13)17-14-4-5-15(16-10-14)18-7-2-3-8-18/h4-5,10,12-13,17H,2-3,6-9,11H2,1H3. The number of aromatic nitrogens is 1. The van der Waals surface area contributed by atoms with Gasteiger partial charge in [0.15, 0.2) is 0 Å². The van der Waals surface area contributed by atoms with Gasteiger partial charge < -0.3 is 15.0 Å². The van der Waals surface area contributed by atoms with Gasteiger partial charge in [-0.1, -0.05) is 0 Å². The van der Waals surface area contributed by atoms with Crippen molar-refractivity contribution in [3.63, 3.8) is 0 Å². The van der Waals surface area contributed by atoms with Crippen molar-refractivity contribution in [1.82, 2.24) is 4.98 Å². The molecule has 1 N–H and O–H groups in total. The molecule has 3 heterocycles. The minimum absolute atomic E-state index is 0.446. The summed E-state index contributed by atoms with van der Waals surface area (Å²) in [5.41, 5.74) is 1.11. The number of nitrogens with zero attached hydrogens (tertiary/aromatic N) is 2. The van der Waals surface area contributed by atoms with Gasteiger partial charge in [-0.3, -0.25) is 0 Å². The van der Waals surface area contributed by atoms with Crippen LogP contribution in [0.15, 0.2) is 18.3 Å². The van der Waals surface area contributed by atoms with Crippen LogP contribution in [0.5, 0.6) is 0 Å². The van der Waals surface area contributed by atoms with E-state index in [4.69, 9.17) is 4.74 Å². The summed E-state index contributed by atoms with van der Waals surface area (Å²) < 4.78 is 5.44. The summed E-state index contributed by atoms with van der Waals surface area (Å²) in [6, 6.07) is 4.72. The molecule has 2 aliphatic heterocycles. The highest BCUT2D eigenvalue weighted by molar-refractivity contribution is 5.49. The number of pyridine rings is 1. The van der Waals surface area contributed by atoms with E-state index in [2.05, 4.69) is 34.3 Å². The lowest BCUT2D eigenvalue weighted by Crippen LogP contribution is -2.26. The topological polar surface area (TPSA) is 37.4 Å². The Morgan fingerprint density at radius 3 is 2.84 bits per heavy atom. The van der Waals surface area contributed by atoms with Gasteiger partial charge >= 0.3 is 0 Å². The second kappa shape index (κ2) is 5.78. The number of nitrogens with one attached hydrogen (secondary N) is 1. The Morgan fingerprint density at radius 1 is 1.37 bits per heavy atom. The SMILES string of the molecule is CC(Nc1ccc(N2CCCC2)nc1)C1CCOC1. The van der Waals surface area contributed by atoms with Crippen LogP contribution in [0.2, 0.25) is 0 Å². The molecule has 4 heteroatoms. The highest BCUT2D eigenvalue weighted by Gasteiger charge is 2.22. The first kappa shape index (κ1) is 12.7. The maximum atomic E-state index is 5.44. The quantitative estimate of drug-likeness (QED) is 0.903. The van der Waals surface area contributed by atoms with Crippen molar-refractivity contribution >= 4 is 11.5 Å². The summed E-state index contributed by atoms with van der Waals surface area (Å²) in [6.07, 6.45) is 5.70. The number of hydrogen-bond donors (Lipinski definition) is 1. The minimum Gasteiger partial charge on any atom is -0.381 e. The molecule has 2 fully saturated rings. The Bertz CT molecular complexity index is 394. The van der Waals surface area contributed by atoms with Crippen LogP contribution in [0.25, 0.3) is 0 Å². The molecule has 2 saturated heterocycles. The van der Waals surface area contributed by atoms with Crippen molar-refractivity contribution < 1.29 is 4.74 Å². The fourth-order valence-corrected chi connectivity index (χ4v) is 2.93. The van der Waals surface area contributed by atoms with E-state index in [1.807, 2.05) is 6.20 Å². The minimum atomic E-state index is 0.446. The molecule has 0 spiro atoms. The maximum Gasteiger partial charge on any atom is 0.128 e. The summed E-state index contributed by atoms with van der Waals surface area (Å²) in [7, 11) is 0. The summed E-state index contributed by atoms with van der Waals surface area (Å²) in [6.45, 7) is 6.31. The largest absolute Gasteiger partial charge is 0.381 e. The summed E-state index contributed by atoms with van der Waals surface area (Å²) in [5, 5.41) is 3.54. The molecule has 0 saturated carbocycles. The Kier molecular flexibility index (Phi) is 3.87. The third-order valence-electron chi connectivity index (χ3n) is 4.24. The van der Waals surface area contributed by atoms with E-state index < -0.39 is 0 Å². The first-order chi connectivity index (χ1) is 9.33. The third kappa shape index (κ3) is 3.00. The third-order valence-corrected chi connectivity index (χ3v) is 4.24. The van der Waals surface area contributed by atoms with E-state index in [-0.39, 0.29) is 0 Å². The van der Waals surface area contributed by atoms with Crippen molar-refractivity contribution in [3.8, 4) is 0 Å². The molecule has 2 aliphatic rings. The number of anilines is 2. The van der Waals surface area contributed by atoms with Gasteiger partial charge in [-0.25, -0.2) is 4.98 Å². The predicted octanol–water partition coefficient (Wildman–Crippen LogP) is 2.52. The van der Waals surface area contributed by atoms with E-state index in [0.29, 0.717) is 12.0 Å². The lowest BCUT2D eigenvalue weighted by molar-refractivity contribution is 0.183. The zero-order chi connectivity index (χ0) is 13.1. The van der Waals surface area contributed by atoms with Crippen LogP contribution in [0, 0.1) is 5.92 Å². The van der Waals surface area contributed by atoms with Gasteiger partial charge in [0.25, 0.3) is 0 Å². The number of rotatable bonds is 4. The molecular weight excluding hydrogens is 238 g/mol. The van der Waals surface area contributed by atoms with Gasteiger partial charge in [-0.15, -0.1) is 0 Å². The number of hydrogen-bond acceptors (Lipinski definition) is 4. The second-order valence-electron chi connectivity index (χ2n) is 5.66. The normalized spacial score (nSPS) is 24.7. The van der Waals surface area contributed by atoms with Crippen LogP contribution in [-0.4, -0.2) is 37.3 Å². The molecular formula is C15H23N3O. The predicted molar refractivity (Wildman–Crippen MR) is 77.7 cm³/mol. The van der Waals surface area contributed by atoms with Crippen LogP contribution in [0.1, 0.15) is 26.2 Å². The first-order valence-electron chi connectivity index (χ1n) is 7.38. The van der Waals surface area contributed by atoms with E-state index in [9.17, 15) is 0 Å². The zero-order valence-corrected chi connectivity index (χ0v) is 11.6. The molecule has 4 nitrogen and oxygen atoms in total. The van der Waals surface area contributed by atoms with Gasteiger partial charge in [-0.05, 0) is 38.3 Å². The lowest BCUT2D eigenvalue weighted by atomic mass is 10.0. The fraction of sp³-hybridized carbons (Fsp3) is 0.667. The molecule has 0 bridgehead atoms. The van der Waals surface area contributed by atoms with Crippen molar-refractivity contribution in [2.75, 3.05) is 36.5 Å². The van der Waals surface area contributed by atoms with Crippen LogP contribution in [0.4, 0.5) is 11.5 Å². The van der Waals surface area contributed by atoms with Gasteiger partial charge in [0, 0.05) is 31.7 Å². The van der Waals surface area contributed by atoms with E-state index >= 15 is 0 Å². The molecule has 0 amide bonds. The average Bonchev–Trinajstić information content (AvgIpc) is 3.13. The summed E-state index contributed by atoms with van der Waals surface area (Å²) >= 11 is 0. The van der Waals surface area contributed by atoms with Crippen molar-refractivity contribution in [2.24, 2.45) is 5.92 Å². The molecule has 2 atom stereocenters. The highest BCUT2D eigenvalue weighted by atomic mass is 16.5. The second-order valence-corrected chi connectivity index (χ2v) is 5.66. The molecule has 1 aromatic rings. The van der Waals surface area contributed by atoms with Gasteiger partial charge in [-0.2, -0.15) is 0 Å². The molecule has 0 aromatic carbocycles. The van der Waals surface area contributed by atoms with Crippen molar-refractivity contribution in [1.29, 1.82) is 0 Å². The monoisotopic (exact) mass is 261 g/mol. The molecule has 3 rings (SSSR count). The Labute approximate surface area is 115 Å². The van der Waals surface area contributed by atoms with Gasteiger partial charge in [0.1, 0.15) is 5.82 Å². The zero-order valence-electron chi connectivity index (χ0n) is 11.6. The molecule has 104 valence electrons. The average molecular weight is 261 g/mol. The van der Waals surface area contributed by atoms with Gasteiger partial charge in [0.2, 0.25) is 0 Å². The summed E-state index contributed by atoms with van der Waals surface area (Å²) in [4.78, 5) is 6.93. The van der Waals surface area contributed by atoms with Crippen LogP contribution >= 0.6 is 0 Å². The highest BCUT2D eigenvalue weighted by Crippen LogP contribution is 2.22. The van der Waals surface area contributed by atoms with E-state index in [0.717, 1.165) is 44.2 Å². The Morgan fingerprint density at radius 2 is 2.21 bits per heavy atom. The van der Waals surface area contributed by atoms with Crippen molar-refractivity contribution in [3.05, 3.63) is 18.3 Å². The van der Waals surface area contributed by atoms with Crippen LogP contribution in [0.3, 0.4) is 0 Å². The lowest BCUT2D eigenvalue weighted by Gasteiger charge is -2.21. The van der Waals surface area contributed by atoms with Crippen molar-refractivity contribution in [2.45, 2.75) is 32.2 Å². The molecule has 19 heavy (non-hydrogen) atoms. The first-order valence-corrected chi connectivity index (χ1v) is 7.38. The van der Waals surface area contributed by atoms with Crippen LogP contribution in [-0.2, 0) is 4.74 Å². The molecule has 0 aliphatic carbocycles. The van der Waals surface area contributed by atoms with Crippen LogP contribution < -0.4 is 10.2 Å². The van der Waals surface area contributed by atoms with E-state index in [1.54, 1.807) is 0 Å². The molecule has 1 aromatic heterocycles. The van der Waals surface area contributed by atoms with E-state index in [1.165, 1.54) is 12.8 Å². The number of ether oxygens (including phenoxy) is 1. The Balaban J connectivity index is 1.58. The summed E-state index contributed by atoms with van der Waals surface area (Å²) in [5.74, 6) is 1.73. The fourth-order valence-electron chi connectivity index (χ4n) is 2.93. The Hall–Kier alpha value is -1.29. The van der Waals surface area contributed by atoms with Gasteiger partial charge in [0.05, 0.1) is 18.5 Å². The molecule has 0 radical (unpaired) electrons. The maximum absolute atomic E-state index is 5.44. The smallest absolute Gasteiger partial charge is 0.128 e.